The van der Waals surface area contributed by atoms with Gasteiger partial charge in [-0.2, -0.15) is 5.10 Å². The molecule has 3 N–H and O–H groups in total. The summed E-state index contributed by atoms with van der Waals surface area (Å²) in [6.07, 6.45) is 2.36. The van der Waals surface area contributed by atoms with Gasteiger partial charge in [0, 0.05) is 24.7 Å². The van der Waals surface area contributed by atoms with Gasteiger partial charge in [-0.25, -0.2) is 0 Å². The number of nitrogens with two attached hydrogens (primary N) is 1. The molecule has 2 aromatic rings. The Morgan fingerprint density at radius 3 is 3.10 bits per heavy atom. The van der Waals surface area contributed by atoms with Gasteiger partial charge in [0.1, 0.15) is 11.6 Å². The van der Waals surface area contributed by atoms with Crippen molar-refractivity contribution in [2.45, 2.75) is 18.9 Å². The van der Waals surface area contributed by atoms with Crippen LogP contribution in [0.2, 0.25) is 0 Å². The standard InChI is InChI=1S/C15H18N4O2/c1-19-14(16)10(9-18-19)8-17-15(20)12-6-7-21-13-5-3-2-4-11(12)13/h2-5,9,12H,6-8,16H2,1H3,(H,17,20). The summed E-state index contributed by atoms with van der Waals surface area (Å²) in [5.41, 5.74) is 7.64. The molecule has 110 valence electrons. The fourth-order valence-electron chi connectivity index (χ4n) is 2.55. The molecule has 0 bridgehead atoms. The number of rotatable bonds is 3. The molecule has 2 heterocycles. The number of aryl methyl sites for hydroxylation is 1. The van der Waals surface area contributed by atoms with Crippen LogP contribution < -0.4 is 15.8 Å². The van der Waals surface area contributed by atoms with Crippen LogP contribution in [-0.4, -0.2) is 22.3 Å². The topological polar surface area (TPSA) is 82.2 Å². The van der Waals surface area contributed by atoms with Gasteiger partial charge in [0.25, 0.3) is 0 Å². The van der Waals surface area contributed by atoms with E-state index in [1.807, 2.05) is 24.3 Å². The number of ether oxygens (including phenoxy) is 1. The van der Waals surface area contributed by atoms with Crippen LogP contribution in [0.1, 0.15) is 23.5 Å². The summed E-state index contributed by atoms with van der Waals surface area (Å²) in [7, 11) is 1.77. The van der Waals surface area contributed by atoms with Crippen molar-refractivity contribution >= 4 is 11.7 Å². The van der Waals surface area contributed by atoms with E-state index in [4.69, 9.17) is 10.5 Å². The minimum atomic E-state index is -0.173. The quantitative estimate of drug-likeness (QED) is 0.887. The predicted molar refractivity (Wildman–Crippen MR) is 78.8 cm³/mol. The Kier molecular flexibility index (Phi) is 3.51. The number of hydrogen-bond donors (Lipinski definition) is 2. The van der Waals surface area contributed by atoms with E-state index in [2.05, 4.69) is 10.4 Å². The lowest BCUT2D eigenvalue weighted by molar-refractivity contribution is -0.123. The minimum absolute atomic E-state index is 0.00555. The number of nitrogens with zero attached hydrogens (tertiary/aromatic N) is 2. The van der Waals surface area contributed by atoms with Crippen LogP contribution in [0.15, 0.2) is 30.5 Å². The average Bonchev–Trinajstić information content (AvgIpc) is 2.84. The molecule has 1 aliphatic rings. The second-order valence-corrected chi connectivity index (χ2v) is 5.12. The highest BCUT2D eigenvalue weighted by atomic mass is 16.5. The minimum Gasteiger partial charge on any atom is -0.493 e. The molecule has 6 nitrogen and oxygen atoms in total. The highest BCUT2D eigenvalue weighted by Crippen LogP contribution is 2.33. The van der Waals surface area contributed by atoms with Gasteiger partial charge >= 0.3 is 0 Å². The zero-order valence-corrected chi connectivity index (χ0v) is 11.9. The molecule has 1 aromatic carbocycles. The van der Waals surface area contributed by atoms with Gasteiger partial charge in [-0.15, -0.1) is 0 Å². The molecule has 0 saturated heterocycles. The molecule has 0 saturated carbocycles. The molecule has 21 heavy (non-hydrogen) atoms. The van der Waals surface area contributed by atoms with Gasteiger partial charge < -0.3 is 15.8 Å². The second-order valence-electron chi connectivity index (χ2n) is 5.12. The van der Waals surface area contributed by atoms with E-state index in [1.165, 1.54) is 0 Å². The normalized spacial score (nSPS) is 16.9. The maximum atomic E-state index is 12.4. The van der Waals surface area contributed by atoms with Crippen molar-refractivity contribution < 1.29 is 9.53 Å². The zero-order chi connectivity index (χ0) is 14.8. The van der Waals surface area contributed by atoms with E-state index in [0.717, 1.165) is 16.9 Å². The molecular weight excluding hydrogens is 268 g/mol. The molecule has 1 aromatic heterocycles. The summed E-state index contributed by atoms with van der Waals surface area (Å²) in [6.45, 7) is 0.947. The number of nitrogens with one attached hydrogen (secondary N) is 1. The fourth-order valence-corrected chi connectivity index (χ4v) is 2.55. The second kappa shape index (κ2) is 5.47. The lowest BCUT2D eigenvalue weighted by Crippen LogP contribution is -2.32. The number of nitrogen functional groups attached to an aromatic ring is 1. The number of carbonyl (C=O) groups is 1. The lowest BCUT2D eigenvalue weighted by Gasteiger charge is -2.25. The average molecular weight is 286 g/mol. The monoisotopic (exact) mass is 286 g/mol. The van der Waals surface area contributed by atoms with Crippen LogP contribution in [0.4, 0.5) is 5.82 Å². The summed E-state index contributed by atoms with van der Waals surface area (Å²) in [5.74, 6) is 1.19. The molecule has 6 heteroatoms. The van der Waals surface area contributed by atoms with E-state index in [-0.39, 0.29) is 11.8 Å². The van der Waals surface area contributed by atoms with Crippen molar-refractivity contribution in [1.29, 1.82) is 0 Å². The molecular formula is C15H18N4O2. The maximum Gasteiger partial charge on any atom is 0.228 e. The van der Waals surface area contributed by atoms with Crippen LogP contribution in [0.25, 0.3) is 0 Å². The lowest BCUT2D eigenvalue weighted by atomic mass is 9.92. The fraction of sp³-hybridized carbons (Fsp3) is 0.333. The molecule has 0 radical (unpaired) electrons. The number of benzene rings is 1. The highest BCUT2D eigenvalue weighted by Gasteiger charge is 2.27. The van der Waals surface area contributed by atoms with Crippen molar-refractivity contribution in [2.75, 3.05) is 12.3 Å². The third kappa shape index (κ3) is 2.56. The Bertz CT molecular complexity index is 665. The van der Waals surface area contributed by atoms with Crippen molar-refractivity contribution in [1.82, 2.24) is 15.1 Å². The van der Waals surface area contributed by atoms with Crippen LogP contribution in [0, 0.1) is 0 Å². The Hall–Kier alpha value is -2.50. The number of anilines is 1. The Labute approximate surface area is 122 Å². The van der Waals surface area contributed by atoms with Gasteiger partial charge in [-0.05, 0) is 12.5 Å². The summed E-state index contributed by atoms with van der Waals surface area (Å²) in [4.78, 5) is 12.4. The summed E-state index contributed by atoms with van der Waals surface area (Å²) < 4.78 is 7.16. The first kappa shape index (κ1) is 13.5. The molecule has 0 fully saturated rings. The van der Waals surface area contributed by atoms with E-state index in [9.17, 15) is 4.79 Å². The Balaban J connectivity index is 1.71. The van der Waals surface area contributed by atoms with Gasteiger partial charge in [0.05, 0.1) is 18.7 Å². The summed E-state index contributed by atoms with van der Waals surface area (Å²) in [6, 6.07) is 7.67. The maximum absolute atomic E-state index is 12.4. The summed E-state index contributed by atoms with van der Waals surface area (Å²) in [5, 5.41) is 7.00. The molecule has 1 aliphatic heterocycles. The number of hydrogen-bond acceptors (Lipinski definition) is 4. The molecule has 3 rings (SSSR count). The van der Waals surface area contributed by atoms with E-state index < -0.39 is 0 Å². The van der Waals surface area contributed by atoms with Gasteiger partial charge in [0.2, 0.25) is 5.91 Å². The van der Waals surface area contributed by atoms with Gasteiger partial charge in [-0.3, -0.25) is 9.48 Å². The number of fused-ring (bicyclic) bond motifs is 1. The first-order valence-electron chi connectivity index (χ1n) is 6.92. The Morgan fingerprint density at radius 2 is 2.33 bits per heavy atom. The van der Waals surface area contributed by atoms with Crippen LogP contribution in [0.3, 0.4) is 0 Å². The smallest absolute Gasteiger partial charge is 0.228 e. The third-order valence-electron chi connectivity index (χ3n) is 3.79. The van der Waals surface area contributed by atoms with Crippen molar-refractivity contribution in [3.05, 3.63) is 41.6 Å². The number of carbonyl (C=O) groups excluding carboxylic acids is 1. The van der Waals surface area contributed by atoms with E-state index >= 15 is 0 Å². The largest absolute Gasteiger partial charge is 0.493 e. The SMILES string of the molecule is Cn1ncc(CNC(=O)C2CCOc3ccccc32)c1N. The van der Waals surface area contributed by atoms with Crippen molar-refractivity contribution in [2.24, 2.45) is 7.05 Å². The molecule has 1 atom stereocenters. The predicted octanol–water partition coefficient (Wildman–Crippen LogP) is 1.18. The van der Waals surface area contributed by atoms with E-state index in [1.54, 1.807) is 17.9 Å². The third-order valence-corrected chi connectivity index (χ3v) is 3.79. The highest BCUT2D eigenvalue weighted by molar-refractivity contribution is 5.84. The zero-order valence-electron chi connectivity index (χ0n) is 11.9. The van der Waals surface area contributed by atoms with Crippen molar-refractivity contribution in [3.8, 4) is 5.75 Å². The number of para-hydroxylation sites is 1. The first-order chi connectivity index (χ1) is 10.2. The van der Waals surface area contributed by atoms with Crippen LogP contribution in [-0.2, 0) is 18.4 Å². The Morgan fingerprint density at radius 1 is 1.52 bits per heavy atom. The molecule has 0 spiro atoms. The van der Waals surface area contributed by atoms with Gasteiger partial charge in [0.15, 0.2) is 0 Å². The van der Waals surface area contributed by atoms with Gasteiger partial charge in [-0.1, -0.05) is 18.2 Å². The molecule has 1 unspecified atom stereocenters. The summed E-state index contributed by atoms with van der Waals surface area (Å²) >= 11 is 0. The molecule has 0 aliphatic carbocycles. The number of amides is 1. The van der Waals surface area contributed by atoms with Crippen LogP contribution >= 0.6 is 0 Å². The number of aromatic nitrogens is 2. The molecule has 1 amide bonds. The first-order valence-corrected chi connectivity index (χ1v) is 6.92. The van der Waals surface area contributed by atoms with Crippen molar-refractivity contribution in [3.63, 3.8) is 0 Å². The van der Waals surface area contributed by atoms with E-state index in [0.29, 0.717) is 25.4 Å². The van der Waals surface area contributed by atoms with Crippen LogP contribution in [0.5, 0.6) is 5.75 Å².